The Morgan fingerprint density at radius 2 is 1.75 bits per heavy atom. The average Bonchev–Trinajstić information content (AvgIpc) is 2.60. The van der Waals surface area contributed by atoms with Crippen molar-refractivity contribution in [1.29, 1.82) is 0 Å². The van der Waals surface area contributed by atoms with Gasteiger partial charge in [0.15, 0.2) is 0 Å². The smallest absolute Gasteiger partial charge is 0.339 e. The largest absolute Gasteiger partial charge is 0.385 e. The molecule has 0 fully saturated rings. The molecule has 0 aliphatic carbocycles. The Morgan fingerprint density at radius 3 is 2.29 bits per heavy atom. The third kappa shape index (κ3) is 5.70. The first-order valence-electron chi connectivity index (χ1n) is 9.07. The fourth-order valence-corrected chi connectivity index (χ4v) is 4.16. The van der Waals surface area contributed by atoms with Crippen molar-refractivity contribution >= 4 is 22.5 Å². The Balaban J connectivity index is 0.00000392. The Bertz CT molecular complexity index is 868. The van der Waals surface area contributed by atoms with Crippen LogP contribution in [0.25, 0.3) is 0 Å². The van der Waals surface area contributed by atoms with E-state index < -0.39 is 15.7 Å². The Kier molecular flexibility index (Phi) is 8.50. The zero-order valence-corrected chi connectivity index (χ0v) is 18.7. The maximum absolute atomic E-state index is 12.5. The molecule has 2 atom stereocenters. The van der Waals surface area contributed by atoms with Crippen LogP contribution in [0.2, 0.25) is 0 Å². The number of aryl methyl sites for hydroxylation is 1. The lowest BCUT2D eigenvalue weighted by Crippen LogP contribution is -2.38. The van der Waals surface area contributed by atoms with E-state index in [2.05, 4.69) is 0 Å². The summed E-state index contributed by atoms with van der Waals surface area (Å²) in [5.74, 6) is 0.151. The molecule has 7 heteroatoms. The number of hydrogen-bond acceptors (Lipinski definition) is 5. The summed E-state index contributed by atoms with van der Waals surface area (Å²) in [7, 11) is -0.0110. The number of benzene rings is 2. The highest BCUT2D eigenvalue weighted by molar-refractivity contribution is 7.87. The second kappa shape index (κ2) is 9.74. The molecular weight excluding hydrogens is 398 g/mol. The van der Waals surface area contributed by atoms with E-state index in [4.69, 9.17) is 4.18 Å². The van der Waals surface area contributed by atoms with E-state index in [1.165, 1.54) is 12.1 Å². The molecule has 0 heterocycles. The SMILES string of the molecule is CCC(O)(c1cccc(OS(=O)(=O)c2ccc(C)cc2)c1)[C@@H](C)CN(C)C.Cl. The molecule has 0 aromatic heterocycles. The third-order valence-corrected chi connectivity index (χ3v) is 6.10. The van der Waals surface area contributed by atoms with Crippen molar-refractivity contribution in [3.8, 4) is 5.75 Å². The van der Waals surface area contributed by atoms with Gasteiger partial charge in [-0.05, 0) is 57.3 Å². The number of aliphatic hydroxyl groups is 1. The zero-order valence-electron chi connectivity index (χ0n) is 17.0. The van der Waals surface area contributed by atoms with E-state index >= 15 is 0 Å². The lowest BCUT2D eigenvalue weighted by Gasteiger charge is -2.35. The molecule has 2 aromatic rings. The second-order valence-electron chi connectivity index (χ2n) is 7.32. The molecule has 1 unspecified atom stereocenters. The fraction of sp³-hybridized carbons (Fsp3) is 0.429. The van der Waals surface area contributed by atoms with Crippen molar-refractivity contribution < 1.29 is 17.7 Å². The van der Waals surface area contributed by atoms with E-state index in [9.17, 15) is 13.5 Å². The maximum Gasteiger partial charge on any atom is 0.339 e. The van der Waals surface area contributed by atoms with Gasteiger partial charge in [-0.25, -0.2) is 0 Å². The number of nitrogens with zero attached hydrogens (tertiary/aromatic N) is 1. The molecule has 0 aliphatic heterocycles. The lowest BCUT2D eigenvalue weighted by molar-refractivity contribution is -0.0292. The van der Waals surface area contributed by atoms with E-state index in [1.807, 2.05) is 39.8 Å². The van der Waals surface area contributed by atoms with E-state index in [1.54, 1.807) is 36.4 Å². The van der Waals surface area contributed by atoms with Crippen LogP contribution in [-0.4, -0.2) is 39.1 Å². The Labute approximate surface area is 174 Å². The first-order chi connectivity index (χ1) is 12.6. The van der Waals surface area contributed by atoms with E-state index in [0.717, 1.165) is 5.56 Å². The van der Waals surface area contributed by atoms with Gasteiger partial charge in [0.2, 0.25) is 0 Å². The molecule has 0 saturated carbocycles. The molecule has 0 radical (unpaired) electrons. The molecule has 156 valence electrons. The minimum Gasteiger partial charge on any atom is -0.385 e. The highest BCUT2D eigenvalue weighted by Gasteiger charge is 2.34. The molecule has 0 saturated heterocycles. The van der Waals surface area contributed by atoms with Crippen LogP contribution >= 0.6 is 12.4 Å². The van der Waals surface area contributed by atoms with Gasteiger partial charge in [-0.3, -0.25) is 0 Å². The summed E-state index contributed by atoms with van der Waals surface area (Å²) >= 11 is 0. The van der Waals surface area contributed by atoms with Gasteiger partial charge in [-0.15, -0.1) is 12.4 Å². The van der Waals surface area contributed by atoms with Gasteiger partial charge in [-0.1, -0.05) is 43.7 Å². The van der Waals surface area contributed by atoms with E-state index in [0.29, 0.717) is 18.5 Å². The zero-order chi connectivity index (χ0) is 20.2. The minimum atomic E-state index is -3.93. The van der Waals surface area contributed by atoms with Crippen LogP contribution in [-0.2, 0) is 15.7 Å². The monoisotopic (exact) mass is 427 g/mol. The third-order valence-electron chi connectivity index (χ3n) is 4.84. The van der Waals surface area contributed by atoms with Crippen molar-refractivity contribution in [2.75, 3.05) is 20.6 Å². The van der Waals surface area contributed by atoms with Crippen LogP contribution in [0.15, 0.2) is 53.4 Å². The number of hydrogen-bond donors (Lipinski definition) is 1. The predicted octanol–water partition coefficient (Wildman–Crippen LogP) is 3.98. The first kappa shape index (κ1) is 24.4. The molecule has 0 aliphatic rings. The molecule has 0 spiro atoms. The molecule has 28 heavy (non-hydrogen) atoms. The molecule has 2 rings (SSSR count). The van der Waals surface area contributed by atoms with Crippen molar-refractivity contribution in [2.24, 2.45) is 5.92 Å². The summed E-state index contributed by atoms with van der Waals surface area (Å²) in [4.78, 5) is 2.12. The number of halogens is 1. The van der Waals surface area contributed by atoms with Gasteiger partial charge in [0, 0.05) is 12.5 Å². The van der Waals surface area contributed by atoms with Crippen LogP contribution in [0, 0.1) is 12.8 Å². The van der Waals surface area contributed by atoms with Crippen LogP contribution in [0.5, 0.6) is 5.75 Å². The topological polar surface area (TPSA) is 66.8 Å². The summed E-state index contributed by atoms with van der Waals surface area (Å²) in [5.41, 5.74) is 0.548. The molecule has 0 bridgehead atoms. The van der Waals surface area contributed by atoms with Crippen LogP contribution < -0.4 is 4.18 Å². The summed E-state index contributed by atoms with van der Waals surface area (Å²) in [6.07, 6.45) is 0.510. The van der Waals surface area contributed by atoms with Crippen molar-refractivity contribution in [2.45, 2.75) is 37.7 Å². The molecule has 2 aromatic carbocycles. The summed E-state index contributed by atoms with van der Waals surface area (Å²) in [5, 5.41) is 11.2. The average molecular weight is 428 g/mol. The normalized spacial score (nSPS) is 14.8. The van der Waals surface area contributed by atoms with Crippen LogP contribution in [0.3, 0.4) is 0 Å². The molecule has 1 N–H and O–H groups in total. The quantitative estimate of drug-likeness (QED) is 0.645. The highest BCUT2D eigenvalue weighted by Crippen LogP contribution is 2.35. The molecular formula is C21H30ClNO4S. The highest BCUT2D eigenvalue weighted by atomic mass is 35.5. The van der Waals surface area contributed by atoms with Crippen molar-refractivity contribution in [1.82, 2.24) is 4.90 Å². The van der Waals surface area contributed by atoms with Gasteiger partial charge >= 0.3 is 10.1 Å². The minimum absolute atomic E-state index is 0. The van der Waals surface area contributed by atoms with Crippen LogP contribution in [0.1, 0.15) is 31.4 Å². The van der Waals surface area contributed by atoms with Gasteiger partial charge in [0.1, 0.15) is 10.6 Å². The number of rotatable bonds is 8. The van der Waals surface area contributed by atoms with Gasteiger partial charge in [0.05, 0.1) is 5.60 Å². The summed E-state index contributed by atoms with van der Waals surface area (Å²) in [6.45, 7) is 6.50. The summed E-state index contributed by atoms with van der Waals surface area (Å²) < 4.78 is 30.4. The van der Waals surface area contributed by atoms with E-state index in [-0.39, 0.29) is 29.0 Å². The van der Waals surface area contributed by atoms with Crippen molar-refractivity contribution in [3.63, 3.8) is 0 Å². The fourth-order valence-electron chi connectivity index (χ4n) is 3.23. The molecule has 5 nitrogen and oxygen atoms in total. The van der Waals surface area contributed by atoms with Gasteiger partial charge < -0.3 is 14.2 Å². The van der Waals surface area contributed by atoms with Gasteiger partial charge in [0.25, 0.3) is 0 Å². The van der Waals surface area contributed by atoms with Gasteiger partial charge in [-0.2, -0.15) is 8.42 Å². The lowest BCUT2D eigenvalue weighted by atomic mass is 9.80. The van der Waals surface area contributed by atoms with Crippen molar-refractivity contribution in [3.05, 3.63) is 59.7 Å². The maximum atomic E-state index is 12.5. The predicted molar refractivity (Wildman–Crippen MR) is 115 cm³/mol. The Morgan fingerprint density at radius 1 is 1.14 bits per heavy atom. The summed E-state index contributed by atoms with van der Waals surface area (Å²) in [6, 6.07) is 13.2. The second-order valence-corrected chi connectivity index (χ2v) is 8.87. The first-order valence-corrected chi connectivity index (χ1v) is 10.5. The van der Waals surface area contributed by atoms with Crippen LogP contribution in [0.4, 0.5) is 0 Å². The molecule has 0 amide bonds. The Hall–Kier alpha value is -1.60. The standard InChI is InChI=1S/C21H29NO4S.ClH/c1-6-21(23,17(3)15-22(4)5)18-8-7-9-19(14-18)26-27(24,25)20-12-10-16(2)11-13-20;/h7-14,17,23H,6,15H2,1-5H3;1H/t17-,21?;/m0./s1.